The first-order valence-electron chi connectivity index (χ1n) is 6.07. The van der Waals surface area contributed by atoms with Gasteiger partial charge in [-0.25, -0.2) is 9.97 Å². The maximum atomic E-state index is 5.59. The number of hydrogen-bond donors (Lipinski definition) is 1. The minimum absolute atomic E-state index is 0.309. The number of ether oxygens (including phenoxy) is 1. The van der Waals surface area contributed by atoms with Crippen LogP contribution in [0.5, 0.6) is 0 Å². The lowest BCUT2D eigenvalue weighted by molar-refractivity contribution is 0.143. The molecule has 2 heterocycles. The van der Waals surface area contributed by atoms with Gasteiger partial charge in [0.15, 0.2) is 0 Å². The average molecular weight is 266 g/mol. The van der Waals surface area contributed by atoms with Crippen LogP contribution >= 0.6 is 12.2 Å². The molecule has 1 aromatic heterocycles. The van der Waals surface area contributed by atoms with Crippen LogP contribution in [-0.4, -0.2) is 41.8 Å². The van der Waals surface area contributed by atoms with Crippen molar-refractivity contribution in [1.82, 2.24) is 9.97 Å². The van der Waals surface area contributed by atoms with Crippen LogP contribution in [0.3, 0.4) is 0 Å². The van der Waals surface area contributed by atoms with Crippen LogP contribution in [-0.2, 0) is 4.74 Å². The van der Waals surface area contributed by atoms with Crippen molar-refractivity contribution in [3.8, 4) is 0 Å². The molecule has 0 bridgehead atoms. The summed E-state index contributed by atoms with van der Waals surface area (Å²) in [6.07, 6.45) is 4.03. The average Bonchev–Trinajstić information content (AvgIpc) is 2.39. The predicted octanol–water partition coefficient (Wildman–Crippen LogP) is 0.974. The molecule has 0 amide bonds. The third kappa shape index (κ3) is 3.14. The van der Waals surface area contributed by atoms with E-state index < -0.39 is 0 Å². The van der Waals surface area contributed by atoms with Gasteiger partial charge in [-0.3, -0.25) is 0 Å². The zero-order valence-corrected chi connectivity index (χ0v) is 11.3. The zero-order valence-electron chi connectivity index (χ0n) is 10.5. The molecule has 5 nitrogen and oxygen atoms in total. The van der Waals surface area contributed by atoms with Crippen LogP contribution < -0.4 is 10.6 Å². The van der Waals surface area contributed by atoms with Crippen molar-refractivity contribution in [2.75, 3.05) is 31.7 Å². The number of piperidine rings is 1. The molecule has 1 atom stereocenters. The number of methoxy groups -OCH3 is 1. The molecule has 1 saturated heterocycles. The lowest BCUT2D eigenvalue weighted by Gasteiger charge is -2.32. The van der Waals surface area contributed by atoms with Gasteiger partial charge in [-0.2, -0.15) is 0 Å². The number of rotatable bonds is 4. The van der Waals surface area contributed by atoms with E-state index in [9.17, 15) is 0 Å². The van der Waals surface area contributed by atoms with E-state index in [0.29, 0.717) is 22.5 Å². The van der Waals surface area contributed by atoms with E-state index in [4.69, 9.17) is 22.7 Å². The fraction of sp³-hybridized carbons (Fsp3) is 0.583. The van der Waals surface area contributed by atoms with Gasteiger partial charge in [0, 0.05) is 26.4 Å². The summed E-state index contributed by atoms with van der Waals surface area (Å²) in [5, 5.41) is 0. The Hall–Kier alpha value is -1.27. The minimum atomic E-state index is 0.309. The maximum Gasteiger partial charge on any atom is 0.225 e. The number of hydrogen-bond acceptors (Lipinski definition) is 5. The van der Waals surface area contributed by atoms with Gasteiger partial charge in [0.25, 0.3) is 0 Å². The van der Waals surface area contributed by atoms with Gasteiger partial charge in [0.1, 0.15) is 10.7 Å². The summed E-state index contributed by atoms with van der Waals surface area (Å²) in [7, 11) is 1.74. The third-order valence-electron chi connectivity index (χ3n) is 3.10. The van der Waals surface area contributed by atoms with Crippen LogP contribution in [0.15, 0.2) is 12.3 Å². The van der Waals surface area contributed by atoms with E-state index in [2.05, 4.69) is 14.9 Å². The molecule has 0 aromatic carbocycles. The number of thiocarbonyl (C=S) groups is 1. The van der Waals surface area contributed by atoms with Gasteiger partial charge < -0.3 is 15.4 Å². The van der Waals surface area contributed by atoms with Crippen molar-refractivity contribution >= 4 is 23.2 Å². The molecule has 0 radical (unpaired) electrons. The highest BCUT2D eigenvalue weighted by Gasteiger charge is 2.21. The predicted molar refractivity (Wildman–Crippen MR) is 74.7 cm³/mol. The summed E-state index contributed by atoms with van der Waals surface area (Å²) in [5.41, 5.74) is 6.22. The van der Waals surface area contributed by atoms with Gasteiger partial charge in [0.2, 0.25) is 5.95 Å². The Bertz CT molecular complexity index is 424. The molecule has 18 heavy (non-hydrogen) atoms. The molecule has 98 valence electrons. The van der Waals surface area contributed by atoms with Crippen LogP contribution in [0.1, 0.15) is 18.5 Å². The summed E-state index contributed by atoms with van der Waals surface area (Å²) in [6.45, 7) is 2.68. The first kappa shape index (κ1) is 13.2. The molecule has 1 fully saturated rings. The molecule has 2 rings (SSSR count). The van der Waals surface area contributed by atoms with Crippen molar-refractivity contribution < 1.29 is 4.74 Å². The fourth-order valence-electron chi connectivity index (χ4n) is 2.26. The Morgan fingerprint density at radius 1 is 1.67 bits per heavy atom. The molecule has 1 aromatic rings. The second-order valence-corrected chi connectivity index (χ2v) is 4.96. The summed E-state index contributed by atoms with van der Waals surface area (Å²) >= 11 is 4.94. The lowest BCUT2D eigenvalue weighted by atomic mass is 9.99. The highest BCUT2D eigenvalue weighted by molar-refractivity contribution is 7.80. The lowest BCUT2D eigenvalue weighted by Crippen LogP contribution is -2.38. The molecule has 1 aliphatic rings. The third-order valence-corrected chi connectivity index (χ3v) is 3.31. The van der Waals surface area contributed by atoms with E-state index in [0.717, 1.165) is 26.1 Å². The van der Waals surface area contributed by atoms with Crippen LogP contribution in [0.25, 0.3) is 0 Å². The SMILES string of the molecule is COCC1CCCN(c2nccc(C(N)=S)n2)C1. The smallest absolute Gasteiger partial charge is 0.225 e. The van der Waals surface area contributed by atoms with Crippen molar-refractivity contribution in [3.63, 3.8) is 0 Å². The van der Waals surface area contributed by atoms with Crippen molar-refractivity contribution in [2.24, 2.45) is 11.7 Å². The normalized spacial score (nSPS) is 19.8. The largest absolute Gasteiger partial charge is 0.388 e. The minimum Gasteiger partial charge on any atom is -0.388 e. The van der Waals surface area contributed by atoms with Gasteiger partial charge in [-0.15, -0.1) is 0 Å². The first-order chi connectivity index (χ1) is 8.70. The molecule has 0 aliphatic carbocycles. The number of anilines is 1. The second kappa shape index (κ2) is 6.06. The summed E-state index contributed by atoms with van der Waals surface area (Å²) in [4.78, 5) is 11.2. The van der Waals surface area contributed by atoms with E-state index >= 15 is 0 Å². The quantitative estimate of drug-likeness (QED) is 0.819. The van der Waals surface area contributed by atoms with Crippen molar-refractivity contribution in [3.05, 3.63) is 18.0 Å². The number of aromatic nitrogens is 2. The monoisotopic (exact) mass is 266 g/mol. The van der Waals surface area contributed by atoms with Crippen molar-refractivity contribution in [2.45, 2.75) is 12.8 Å². The number of nitrogens with zero attached hydrogens (tertiary/aromatic N) is 3. The van der Waals surface area contributed by atoms with E-state index in [1.807, 2.05) is 0 Å². The fourth-order valence-corrected chi connectivity index (χ4v) is 2.37. The van der Waals surface area contributed by atoms with Crippen LogP contribution in [0.4, 0.5) is 5.95 Å². The second-order valence-electron chi connectivity index (χ2n) is 4.52. The van der Waals surface area contributed by atoms with Crippen LogP contribution in [0.2, 0.25) is 0 Å². The zero-order chi connectivity index (χ0) is 13.0. The molecular formula is C12H18N4OS. The van der Waals surface area contributed by atoms with Crippen molar-refractivity contribution in [1.29, 1.82) is 0 Å². The molecular weight excluding hydrogens is 248 g/mol. The molecule has 1 aliphatic heterocycles. The Balaban J connectivity index is 2.10. The molecule has 0 spiro atoms. The topological polar surface area (TPSA) is 64.3 Å². The molecule has 2 N–H and O–H groups in total. The van der Waals surface area contributed by atoms with E-state index in [1.165, 1.54) is 6.42 Å². The van der Waals surface area contributed by atoms with E-state index in [-0.39, 0.29) is 0 Å². The molecule has 1 unspecified atom stereocenters. The molecule has 0 saturated carbocycles. The highest BCUT2D eigenvalue weighted by atomic mass is 32.1. The summed E-state index contributed by atoms with van der Waals surface area (Å²) in [5.74, 6) is 1.25. The van der Waals surface area contributed by atoms with Gasteiger partial charge >= 0.3 is 0 Å². The first-order valence-corrected chi connectivity index (χ1v) is 6.48. The van der Waals surface area contributed by atoms with E-state index in [1.54, 1.807) is 19.4 Å². The Morgan fingerprint density at radius 3 is 3.22 bits per heavy atom. The van der Waals surface area contributed by atoms with Crippen LogP contribution in [0, 0.1) is 5.92 Å². The highest BCUT2D eigenvalue weighted by Crippen LogP contribution is 2.20. The van der Waals surface area contributed by atoms with Gasteiger partial charge in [0.05, 0.1) is 6.61 Å². The Kier molecular flexibility index (Phi) is 4.43. The number of nitrogens with two attached hydrogens (primary N) is 1. The summed E-state index contributed by atoms with van der Waals surface area (Å²) < 4.78 is 5.22. The molecule has 6 heteroatoms. The Morgan fingerprint density at radius 2 is 2.50 bits per heavy atom. The Labute approximate surface area is 112 Å². The van der Waals surface area contributed by atoms with Gasteiger partial charge in [-0.05, 0) is 24.8 Å². The van der Waals surface area contributed by atoms with Gasteiger partial charge in [-0.1, -0.05) is 12.2 Å². The standard InChI is InChI=1S/C12H18N4OS/c1-17-8-9-3-2-6-16(7-9)12-14-5-4-10(15-12)11(13)18/h4-5,9H,2-3,6-8H2,1H3,(H2,13,18). The summed E-state index contributed by atoms with van der Waals surface area (Å²) in [6, 6.07) is 1.74. The maximum absolute atomic E-state index is 5.59.